The number of likely N-dealkylation sites (tertiary alicyclic amines) is 1. The molecule has 2 unspecified atom stereocenters. The molecule has 59 heavy (non-hydrogen) atoms. The molecule has 15 nitrogen and oxygen atoms in total. The second-order valence-corrected chi connectivity index (χ2v) is 19.1. The molecule has 6 rings (SSSR count). The van der Waals surface area contributed by atoms with Gasteiger partial charge in [0.05, 0.1) is 0 Å². The Hall–Kier alpha value is -6.99. The summed E-state index contributed by atoms with van der Waals surface area (Å²) >= 11 is 0. The number of carbonyl (C=O) groups is 4. The number of carbonyl (C=O) groups excluding carboxylic acids is 3. The SMILES string of the molecule is C[C@@H](OC(=O)OCc1ccccc1[N+](=O)[O-])C1C(=O)N(CP(C(=O)OCc2ccccc2[N+](=O)[O-])(c2ccccc2)(c2ccccc2)c2ccccc2)C1(C)CC(=O)O. The van der Waals surface area contributed by atoms with E-state index in [1.165, 1.54) is 61.2 Å². The number of nitrogens with zero attached hydrogens (tertiary/aromatic N) is 3. The van der Waals surface area contributed by atoms with Crippen molar-refractivity contribution in [1.82, 2.24) is 4.90 Å². The first-order valence-corrected chi connectivity index (χ1v) is 20.8. The Labute approximate surface area is 338 Å². The monoisotopic (exact) mass is 821 g/mol. The van der Waals surface area contributed by atoms with Crippen molar-refractivity contribution in [2.75, 3.05) is 6.29 Å². The van der Waals surface area contributed by atoms with E-state index in [-0.39, 0.29) is 22.5 Å². The molecule has 1 aliphatic rings. The van der Waals surface area contributed by atoms with Crippen molar-refractivity contribution in [2.24, 2.45) is 5.92 Å². The van der Waals surface area contributed by atoms with E-state index in [0.717, 1.165) is 0 Å². The summed E-state index contributed by atoms with van der Waals surface area (Å²) in [6.07, 6.45) is -3.52. The van der Waals surface area contributed by atoms with Crippen LogP contribution in [0.25, 0.3) is 0 Å². The molecule has 304 valence electrons. The number of carboxylic acids is 1. The predicted molar refractivity (Wildman–Crippen MR) is 218 cm³/mol. The number of β-lactam (4-membered cyclic amide) rings is 1. The molecule has 0 spiro atoms. The Kier molecular flexibility index (Phi) is 11.9. The maximum atomic E-state index is 15.8. The zero-order valence-corrected chi connectivity index (χ0v) is 32.9. The number of ether oxygens (including phenoxy) is 3. The van der Waals surface area contributed by atoms with Crippen LogP contribution in [0.1, 0.15) is 31.4 Å². The van der Waals surface area contributed by atoms with Gasteiger partial charge in [-0.2, -0.15) is 0 Å². The van der Waals surface area contributed by atoms with Gasteiger partial charge in [-0.3, -0.25) is 10.1 Å². The van der Waals surface area contributed by atoms with E-state index in [2.05, 4.69) is 0 Å². The third-order valence-electron chi connectivity index (χ3n) is 11.0. The first kappa shape index (κ1) is 41.6. The van der Waals surface area contributed by atoms with Gasteiger partial charge in [0.15, 0.2) is 0 Å². The summed E-state index contributed by atoms with van der Waals surface area (Å²) in [6.45, 7) is -2.96. The zero-order valence-electron chi connectivity index (χ0n) is 32.0. The molecule has 1 aliphatic heterocycles. The van der Waals surface area contributed by atoms with Crippen LogP contribution in [-0.4, -0.2) is 61.5 Å². The third kappa shape index (κ3) is 7.48. The average molecular weight is 822 g/mol. The molecule has 0 bridgehead atoms. The number of para-hydroxylation sites is 2. The number of rotatable bonds is 16. The minimum absolute atomic E-state index is 0.103. The first-order valence-electron chi connectivity index (χ1n) is 18.4. The van der Waals surface area contributed by atoms with Gasteiger partial charge >= 0.3 is 323 Å². The van der Waals surface area contributed by atoms with E-state index in [1.807, 2.05) is 0 Å². The summed E-state index contributed by atoms with van der Waals surface area (Å²) in [5.41, 5.74) is -2.66. The van der Waals surface area contributed by atoms with Crippen LogP contribution in [0.3, 0.4) is 0 Å². The summed E-state index contributed by atoms with van der Waals surface area (Å²) < 4.78 is 17.0. The molecular formula is C43H40N3O12P. The number of nitro groups is 2. The van der Waals surface area contributed by atoms with Crippen LogP contribution in [0.4, 0.5) is 21.0 Å². The first-order chi connectivity index (χ1) is 28.2. The summed E-state index contributed by atoms with van der Waals surface area (Å²) in [5.74, 6) is -3.15. The van der Waals surface area contributed by atoms with Crippen LogP contribution in [0.5, 0.6) is 0 Å². The number of nitro benzene ring substituents is 2. The van der Waals surface area contributed by atoms with Gasteiger partial charge in [0.2, 0.25) is 0 Å². The molecule has 0 saturated carbocycles. The van der Waals surface area contributed by atoms with E-state index in [4.69, 9.17) is 14.2 Å². The van der Waals surface area contributed by atoms with Gasteiger partial charge in [0, 0.05) is 0 Å². The topological polar surface area (TPSA) is 206 Å². The van der Waals surface area contributed by atoms with Gasteiger partial charge in [-0.1, -0.05) is 6.07 Å². The van der Waals surface area contributed by atoms with Crippen molar-refractivity contribution < 1.29 is 48.3 Å². The Bertz CT molecular complexity index is 2300. The van der Waals surface area contributed by atoms with Crippen molar-refractivity contribution >= 4 is 57.6 Å². The van der Waals surface area contributed by atoms with E-state index in [0.29, 0.717) is 15.9 Å². The average Bonchev–Trinajstić information content (AvgIpc) is 3.23. The third-order valence-corrected chi connectivity index (χ3v) is 17.1. The fourth-order valence-electron chi connectivity index (χ4n) is 8.15. The van der Waals surface area contributed by atoms with Gasteiger partial charge in [0.25, 0.3) is 0 Å². The normalized spacial score (nSPS) is 17.3. The van der Waals surface area contributed by atoms with E-state index in [1.54, 1.807) is 97.1 Å². The summed E-state index contributed by atoms with van der Waals surface area (Å²) in [5, 5.41) is 35.2. The molecule has 3 atom stereocenters. The molecule has 1 N–H and O–H groups in total. The molecule has 0 aromatic heterocycles. The van der Waals surface area contributed by atoms with Crippen LogP contribution < -0.4 is 15.9 Å². The molecule has 5 aromatic carbocycles. The number of hydrogen-bond donors (Lipinski definition) is 1. The number of benzene rings is 5. The molecule has 1 fully saturated rings. The predicted octanol–water partition coefficient (Wildman–Crippen LogP) is 7.06. The molecule has 1 saturated heterocycles. The van der Waals surface area contributed by atoms with Crippen molar-refractivity contribution in [3.63, 3.8) is 0 Å². The minimum atomic E-state index is -4.91. The summed E-state index contributed by atoms with van der Waals surface area (Å²) in [4.78, 5) is 79.8. The van der Waals surface area contributed by atoms with Crippen molar-refractivity contribution in [1.29, 1.82) is 0 Å². The van der Waals surface area contributed by atoms with Gasteiger partial charge in [-0.15, -0.1) is 0 Å². The second-order valence-electron chi connectivity index (χ2n) is 14.3. The van der Waals surface area contributed by atoms with Crippen molar-refractivity contribution in [3.8, 4) is 0 Å². The van der Waals surface area contributed by atoms with Crippen molar-refractivity contribution in [3.05, 3.63) is 171 Å². The van der Waals surface area contributed by atoms with Crippen LogP contribution >= 0.6 is 6.60 Å². The Morgan fingerprint density at radius 1 is 0.712 bits per heavy atom. The Balaban J connectivity index is 1.46. The van der Waals surface area contributed by atoms with Gasteiger partial charge in [-0.05, 0) is 0 Å². The fraction of sp³-hybridized carbons (Fsp3) is 0.209. The standard InChI is InChI=1S/C43H40N3O12P/c1-30(58-41(50)56-27-31-16-12-14-24-36(31)45(52)53)39-40(49)44(43(39,2)26-38(47)48)29-59(33-18-6-3-7-19-33,34-20-8-4-9-21-34,35-22-10-5-11-23-35)42(51)57-28-32-17-13-15-25-37(32)46(54)55/h3-25,30,39H,26-29H2,1-2H3,(H,47,48)/t30-,39?,43?/m1/s1. The van der Waals surface area contributed by atoms with Gasteiger partial charge in [0.1, 0.15) is 0 Å². The number of aliphatic carboxylic acids is 1. The molecular weight excluding hydrogens is 781 g/mol. The Morgan fingerprint density at radius 3 is 1.54 bits per heavy atom. The molecule has 0 radical (unpaired) electrons. The molecule has 16 heteroatoms. The van der Waals surface area contributed by atoms with Crippen LogP contribution in [-0.2, 0) is 37.0 Å². The summed E-state index contributed by atoms with van der Waals surface area (Å²) in [6, 6.07) is 37.7. The van der Waals surface area contributed by atoms with Gasteiger partial charge < -0.3 is 0 Å². The van der Waals surface area contributed by atoms with Crippen LogP contribution in [0.2, 0.25) is 0 Å². The van der Waals surface area contributed by atoms with Crippen LogP contribution in [0.15, 0.2) is 140 Å². The molecule has 1 amide bonds. The number of amides is 1. The van der Waals surface area contributed by atoms with E-state index in [9.17, 15) is 39.7 Å². The molecule has 1 heterocycles. The van der Waals surface area contributed by atoms with Gasteiger partial charge in [-0.25, -0.2) is 0 Å². The Morgan fingerprint density at radius 2 is 1.12 bits per heavy atom. The number of carboxylic acid groups (broad SMARTS) is 1. The summed E-state index contributed by atoms with van der Waals surface area (Å²) in [7, 11) is 0. The van der Waals surface area contributed by atoms with E-state index >= 15 is 4.79 Å². The fourth-order valence-corrected chi connectivity index (χ4v) is 14.2. The molecule has 0 aliphatic carbocycles. The quantitative estimate of drug-likeness (QED) is 0.0349. The van der Waals surface area contributed by atoms with E-state index < -0.39 is 83.7 Å². The number of hydrogen-bond acceptors (Lipinski definition) is 11. The second kappa shape index (κ2) is 16.9. The van der Waals surface area contributed by atoms with Crippen molar-refractivity contribution in [2.45, 2.75) is 45.1 Å². The maximum absolute atomic E-state index is 15.8. The van der Waals surface area contributed by atoms with Crippen LogP contribution in [0, 0.1) is 26.1 Å². The zero-order chi connectivity index (χ0) is 42.4. The molecule has 5 aromatic rings.